The highest BCUT2D eigenvalue weighted by atomic mass is 16.3. The van der Waals surface area contributed by atoms with Gasteiger partial charge in [-0.3, -0.25) is 4.79 Å². The number of hydrogen-bond acceptors (Lipinski definition) is 4. The monoisotopic (exact) mass is 407 g/mol. The Hall–Kier alpha value is -4.38. The second kappa shape index (κ2) is 9.41. The van der Waals surface area contributed by atoms with Crippen LogP contribution in [0.1, 0.15) is 15.9 Å². The van der Waals surface area contributed by atoms with Crippen LogP contribution in [0.5, 0.6) is 5.75 Å². The van der Waals surface area contributed by atoms with Crippen molar-refractivity contribution in [3.8, 4) is 5.75 Å². The molecule has 0 radical (unpaired) electrons. The highest BCUT2D eigenvalue weighted by molar-refractivity contribution is 5.97. The Morgan fingerprint density at radius 3 is 1.81 bits per heavy atom. The normalized spacial score (nSPS) is 10.7. The number of nitrogens with zero attached hydrogens (tertiary/aromatic N) is 2. The average Bonchev–Trinajstić information content (AvgIpc) is 2.82. The molecule has 31 heavy (non-hydrogen) atoms. The van der Waals surface area contributed by atoms with E-state index in [0.717, 1.165) is 22.6 Å². The fourth-order valence-corrected chi connectivity index (χ4v) is 3.20. The molecule has 0 saturated carbocycles. The number of hydrazone groups is 1. The molecular weight excluding hydrogens is 386 g/mol. The van der Waals surface area contributed by atoms with Gasteiger partial charge < -0.3 is 10.0 Å². The summed E-state index contributed by atoms with van der Waals surface area (Å²) in [5.41, 5.74) is 6.58. The minimum absolute atomic E-state index is 0.0820. The van der Waals surface area contributed by atoms with E-state index in [1.807, 2.05) is 60.7 Å². The van der Waals surface area contributed by atoms with Gasteiger partial charge in [0, 0.05) is 17.1 Å². The van der Waals surface area contributed by atoms with Crippen LogP contribution in [-0.2, 0) is 0 Å². The van der Waals surface area contributed by atoms with Gasteiger partial charge in [-0.25, -0.2) is 5.43 Å². The number of rotatable bonds is 6. The summed E-state index contributed by atoms with van der Waals surface area (Å²) < 4.78 is 0. The molecule has 2 N–H and O–H groups in total. The summed E-state index contributed by atoms with van der Waals surface area (Å²) in [6.45, 7) is 0. The van der Waals surface area contributed by atoms with Crippen LogP contribution in [0, 0.1) is 0 Å². The van der Waals surface area contributed by atoms with Gasteiger partial charge in [-0.1, -0.05) is 60.7 Å². The SMILES string of the molecule is O=C(N/N=C/c1ccc(N(c2ccccc2)c2ccccc2)cc1)c1ccccc1O. The Labute approximate surface area is 180 Å². The van der Waals surface area contributed by atoms with E-state index >= 15 is 0 Å². The van der Waals surface area contributed by atoms with Gasteiger partial charge in [0.25, 0.3) is 5.91 Å². The first-order valence-electron chi connectivity index (χ1n) is 9.84. The topological polar surface area (TPSA) is 64.9 Å². The lowest BCUT2D eigenvalue weighted by Crippen LogP contribution is -2.17. The molecule has 152 valence electrons. The minimum atomic E-state index is -0.467. The summed E-state index contributed by atoms with van der Waals surface area (Å²) in [6.07, 6.45) is 1.57. The molecule has 0 aliphatic heterocycles. The molecule has 0 unspecified atom stereocenters. The minimum Gasteiger partial charge on any atom is -0.507 e. The van der Waals surface area contributed by atoms with Gasteiger partial charge in [-0.05, 0) is 54.1 Å². The first-order valence-corrected chi connectivity index (χ1v) is 9.84. The van der Waals surface area contributed by atoms with Crippen LogP contribution in [0.25, 0.3) is 0 Å². The molecule has 5 nitrogen and oxygen atoms in total. The quantitative estimate of drug-likeness (QED) is 0.322. The molecule has 0 aromatic heterocycles. The number of anilines is 3. The molecular formula is C26H21N3O2. The van der Waals surface area contributed by atoms with Crippen molar-refractivity contribution in [1.82, 2.24) is 5.43 Å². The van der Waals surface area contributed by atoms with Crippen LogP contribution in [0.3, 0.4) is 0 Å². The largest absolute Gasteiger partial charge is 0.507 e. The van der Waals surface area contributed by atoms with Gasteiger partial charge in [-0.15, -0.1) is 0 Å². The van der Waals surface area contributed by atoms with Crippen molar-refractivity contribution >= 4 is 29.2 Å². The fourth-order valence-electron chi connectivity index (χ4n) is 3.20. The number of hydrogen-bond donors (Lipinski definition) is 2. The van der Waals surface area contributed by atoms with Gasteiger partial charge >= 0.3 is 0 Å². The molecule has 1 amide bonds. The molecule has 0 aliphatic carbocycles. The van der Waals surface area contributed by atoms with Gasteiger partial charge in [0.15, 0.2) is 0 Å². The van der Waals surface area contributed by atoms with Crippen molar-refractivity contribution in [3.05, 3.63) is 120 Å². The van der Waals surface area contributed by atoms with Crippen LogP contribution in [0.15, 0.2) is 114 Å². The number of benzene rings is 4. The first-order chi connectivity index (χ1) is 15.2. The van der Waals surface area contributed by atoms with E-state index in [2.05, 4.69) is 39.7 Å². The van der Waals surface area contributed by atoms with E-state index in [-0.39, 0.29) is 11.3 Å². The molecule has 0 bridgehead atoms. The third-order valence-corrected chi connectivity index (χ3v) is 4.71. The van der Waals surface area contributed by atoms with Crippen LogP contribution in [0.2, 0.25) is 0 Å². The number of para-hydroxylation sites is 3. The molecule has 0 aliphatic rings. The Morgan fingerprint density at radius 2 is 1.23 bits per heavy atom. The van der Waals surface area contributed by atoms with Crippen molar-refractivity contribution in [2.75, 3.05) is 4.90 Å². The maximum Gasteiger partial charge on any atom is 0.275 e. The molecule has 4 aromatic carbocycles. The van der Waals surface area contributed by atoms with Crippen LogP contribution < -0.4 is 10.3 Å². The number of aromatic hydroxyl groups is 1. The van der Waals surface area contributed by atoms with Gasteiger partial charge in [-0.2, -0.15) is 5.10 Å². The number of phenols is 1. The van der Waals surface area contributed by atoms with E-state index in [1.54, 1.807) is 18.3 Å². The molecule has 5 heteroatoms. The lowest BCUT2D eigenvalue weighted by molar-refractivity contribution is 0.0952. The number of carbonyl (C=O) groups is 1. The van der Waals surface area contributed by atoms with Gasteiger partial charge in [0.05, 0.1) is 11.8 Å². The van der Waals surface area contributed by atoms with E-state index in [4.69, 9.17) is 0 Å². The Kier molecular flexibility index (Phi) is 6.05. The highest BCUT2D eigenvalue weighted by Gasteiger charge is 2.11. The zero-order valence-corrected chi connectivity index (χ0v) is 16.7. The summed E-state index contributed by atoms with van der Waals surface area (Å²) in [5, 5.41) is 13.8. The molecule has 0 saturated heterocycles. The number of carbonyl (C=O) groups excluding carboxylic acids is 1. The Bertz CT molecular complexity index is 1130. The smallest absolute Gasteiger partial charge is 0.275 e. The highest BCUT2D eigenvalue weighted by Crippen LogP contribution is 2.33. The summed E-state index contributed by atoms with van der Waals surface area (Å²) >= 11 is 0. The standard InChI is InChI=1S/C26H21N3O2/c30-25-14-8-7-13-24(25)26(31)28-27-19-20-15-17-23(18-16-20)29(21-9-3-1-4-10-21)22-11-5-2-6-12-22/h1-19,30H,(H,28,31)/b27-19+. The average molecular weight is 407 g/mol. The van der Waals surface area contributed by atoms with Gasteiger partial charge in [0.2, 0.25) is 0 Å². The molecule has 4 rings (SSSR count). The van der Waals surface area contributed by atoms with Crippen LogP contribution in [-0.4, -0.2) is 17.2 Å². The zero-order chi connectivity index (χ0) is 21.5. The van der Waals surface area contributed by atoms with Crippen molar-refractivity contribution in [2.45, 2.75) is 0 Å². The van der Waals surface area contributed by atoms with E-state index in [0.29, 0.717) is 0 Å². The summed E-state index contributed by atoms with van der Waals surface area (Å²) in [6, 6.07) is 34.5. The predicted octanol–water partition coefficient (Wildman–Crippen LogP) is 5.63. The van der Waals surface area contributed by atoms with Crippen molar-refractivity contribution < 1.29 is 9.90 Å². The molecule has 0 heterocycles. The Balaban J connectivity index is 1.52. The van der Waals surface area contributed by atoms with Crippen molar-refractivity contribution in [3.63, 3.8) is 0 Å². The second-order valence-electron chi connectivity index (χ2n) is 6.81. The fraction of sp³-hybridized carbons (Fsp3) is 0. The maximum absolute atomic E-state index is 12.1. The maximum atomic E-state index is 12.1. The van der Waals surface area contributed by atoms with E-state index < -0.39 is 5.91 Å². The predicted molar refractivity (Wildman–Crippen MR) is 124 cm³/mol. The molecule has 4 aromatic rings. The Morgan fingerprint density at radius 1 is 0.710 bits per heavy atom. The van der Waals surface area contributed by atoms with E-state index in [1.165, 1.54) is 12.1 Å². The summed E-state index contributed by atoms with van der Waals surface area (Å²) in [4.78, 5) is 14.3. The van der Waals surface area contributed by atoms with Crippen molar-refractivity contribution in [1.29, 1.82) is 0 Å². The van der Waals surface area contributed by atoms with Crippen molar-refractivity contribution in [2.24, 2.45) is 5.10 Å². The second-order valence-corrected chi connectivity index (χ2v) is 6.81. The van der Waals surface area contributed by atoms with Crippen LogP contribution in [0.4, 0.5) is 17.1 Å². The summed E-state index contributed by atoms with van der Waals surface area (Å²) in [5.74, 6) is -0.549. The zero-order valence-electron chi connectivity index (χ0n) is 16.7. The van der Waals surface area contributed by atoms with Crippen LogP contribution >= 0.6 is 0 Å². The van der Waals surface area contributed by atoms with E-state index in [9.17, 15) is 9.90 Å². The summed E-state index contributed by atoms with van der Waals surface area (Å²) in [7, 11) is 0. The lowest BCUT2D eigenvalue weighted by atomic mass is 10.1. The molecule has 0 atom stereocenters. The lowest BCUT2D eigenvalue weighted by Gasteiger charge is -2.25. The third kappa shape index (κ3) is 4.79. The number of amides is 1. The number of nitrogens with one attached hydrogen (secondary N) is 1. The number of phenolic OH excluding ortho intramolecular Hbond substituents is 1. The van der Waals surface area contributed by atoms with Gasteiger partial charge in [0.1, 0.15) is 5.75 Å². The molecule has 0 fully saturated rings. The third-order valence-electron chi connectivity index (χ3n) is 4.71. The molecule has 0 spiro atoms. The first kappa shape index (κ1) is 19.9.